The normalized spacial score (nSPS) is 22.3. The quantitative estimate of drug-likeness (QED) is 0.641. The molecule has 2 aliphatic rings. The van der Waals surface area contributed by atoms with E-state index in [2.05, 4.69) is 5.32 Å². The molecule has 2 fully saturated rings. The molecule has 0 aromatic heterocycles. The molecule has 2 N–H and O–H groups in total. The third kappa shape index (κ3) is 5.41. The van der Waals surface area contributed by atoms with Gasteiger partial charge in [0.25, 0.3) is 11.7 Å². The second-order valence-corrected chi connectivity index (χ2v) is 8.03. The highest BCUT2D eigenvalue weighted by atomic mass is 32.2. The molecule has 142 valence electrons. The number of rotatable bonds is 9. The number of carbonyl (C=O) groups excluding carboxylic acids is 1. The van der Waals surface area contributed by atoms with Gasteiger partial charge in [0, 0.05) is 29.1 Å². The van der Waals surface area contributed by atoms with E-state index in [1.165, 1.54) is 25.0 Å². The Hall–Kier alpha value is -1.67. The van der Waals surface area contributed by atoms with E-state index < -0.39 is 11.7 Å². The Bertz CT molecular complexity index is 646. The Labute approximate surface area is 155 Å². The molecule has 2 saturated carbocycles. The van der Waals surface area contributed by atoms with Crippen molar-refractivity contribution in [2.24, 2.45) is 5.92 Å². The number of alkyl halides is 2. The lowest BCUT2D eigenvalue weighted by atomic mass is 9.85. The average Bonchev–Trinajstić information content (AvgIpc) is 3.33. The monoisotopic (exact) mass is 384 g/mol. The highest BCUT2D eigenvalue weighted by Crippen LogP contribution is 2.34. The number of nitrogens with one attached hydrogen (secondary N) is 1. The van der Waals surface area contributed by atoms with Crippen LogP contribution in [0.5, 0.6) is 0 Å². The number of thioether (sulfide) groups is 1. The first kappa shape index (κ1) is 19.1. The molecule has 0 aliphatic heterocycles. The standard InChI is InChI=1S/C18H22F2N2O3S/c19-18(20)26-15-5-3-12(4-6-15)17(25)21-13-7-14(8-13)22(10-16(23)24)9-11-1-2-11/h3-6,11,13-14,18H,1-2,7-10H2,(H,21,25)(H,23,24). The van der Waals surface area contributed by atoms with Crippen LogP contribution in [0.4, 0.5) is 8.78 Å². The number of nitrogens with zero attached hydrogens (tertiary/aromatic N) is 1. The number of benzene rings is 1. The van der Waals surface area contributed by atoms with Crippen LogP contribution in [0.15, 0.2) is 29.2 Å². The molecular formula is C18H22F2N2O3S. The minimum atomic E-state index is -2.48. The van der Waals surface area contributed by atoms with Gasteiger partial charge in [-0.2, -0.15) is 8.78 Å². The minimum absolute atomic E-state index is 0.0260. The number of halogens is 2. The lowest BCUT2D eigenvalue weighted by Crippen LogP contribution is -2.55. The van der Waals surface area contributed by atoms with Crippen molar-refractivity contribution >= 4 is 23.6 Å². The van der Waals surface area contributed by atoms with Crippen LogP contribution in [-0.4, -0.2) is 52.8 Å². The van der Waals surface area contributed by atoms with E-state index in [0.717, 1.165) is 19.4 Å². The maximum absolute atomic E-state index is 12.3. The second-order valence-electron chi connectivity index (χ2n) is 6.97. The first-order valence-electron chi connectivity index (χ1n) is 8.72. The number of amides is 1. The van der Waals surface area contributed by atoms with E-state index in [-0.39, 0.29) is 24.5 Å². The Kier molecular flexibility index (Phi) is 6.13. The van der Waals surface area contributed by atoms with E-state index in [0.29, 0.717) is 28.1 Å². The van der Waals surface area contributed by atoms with Gasteiger partial charge < -0.3 is 10.4 Å². The smallest absolute Gasteiger partial charge is 0.317 e. The maximum atomic E-state index is 12.3. The Morgan fingerprint density at radius 2 is 1.88 bits per heavy atom. The molecule has 1 aromatic carbocycles. The summed E-state index contributed by atoms with van der Waals surface area (Å²) in [5, 5.41) is 12.0. The number of aliphatic carboxylic acids is 1. The van der Waals surface area contributed by atoms with Gasteiger partial charge in [0.05, 0.1) is 6.54 Å². The first-order valence-corrected chi connectivity index (χ1v) is 9.60. The Balaban J connectivity index is 1.46. The summed E-state index contributed by atoms with van der Waals surface area (Å²) in [6.07, 6.45) is 3.82. The zero-order valence-corrected chi connectivity index (χ0v) is 15.1. The van der Waals surface area contributed by atoms with Gasteiger partial charge in [0.1, 0.15) is 0 Å². The van der Waals surface area contributed by atoms with E-state index in [1.807, 2.05) is 4.90 Å². The van der Waals surface area contributed by atoms with Gasteiger partial charge in [-0.15, -0.1) is 0 Å². The molecule has 1 aromatic rings. The summed E-state index contributed by atoms with van der Waals surface area (Å²) in [6.45, 7) is 0.867. The van der Waals surface area contributed by atoms with Gasteiger partial charge in [-0.05, 0) is 55.9 Å². The van der Waals surface area contributed by atoms with Crippen molar-refractivity contribution in [3.05, 3.63) is 29.8 Å². The SMILES string of the molecule is O=C(O)CN(CC1CC1)C1CC(NC(=O)c2ccc(SC(F)F)cc2)C1. The van der Waals surface area contributed by atoms with E-state index >= 15 is 0 Å². The molecule has 0 bridgehead atoms. The predicted octanol–water partition coefficient (Wildman–Crippen LogP) is 3.06. The summed E-state index contributed by atoms with van der Waals surface area (Å²) >= 11 is 0.448. The van der Waals surface area contributed by atoms with Crippen LogP contribution in [0.3, 0.4) is 0 Å². The third-order valence-corrected chi connectivity index (χ3v) is 5.56. The molecule has 5 nitrogen and oxygen atoms in total. The lowest BCUT2D eigenvalue weighted by Gasteiger charge is -2.42. The molecule has 0 unspecified atom stereocenters. The van der Waals surface area contributed by atoms with Crippen LogP contribution in [0.2, 0.25) is 0 Å². The van der Waals surface area contributed by atoms with Crippen molar-refractivity contribution in [2.75, 3.05) is 13.1 Å². The molecule has 2 aliphatic carbocycles. The number of carboxylic acids is 1. The Morgan fingerprint density at radius 1 is 1.23 bits per heavy atom. The number of carboxylic acid groups (broad SMARTS) is 1. The molecule has 0 spiro atoms. The highest BCUT2D eigenvalue weighted by molar-refractivity contribution is 7.99. The van der Waals surface area contributed by atoms with Crippen molar-refractivity contribution in [3.63, 3.8) is 0 Å². The van der Waals surface area contributed by atoms with E-state index in [4.69, 9.17) is 5.11 Å². The van der Waals surface area contributed by atoms with Gasteiger partial charge in [0.2, 0.25) is 0 Å². The van der Waals surface area contributed by atoms with Crippen LogP contribution >= 0.6 is 11.8 Å². The third-order valence-electron chi connectivity index (χ3n) is 4.83. The van der Waals surface area contributed by atoms with Gasteiger partial charge >= 0.3 is 5.97 Å². The van der Waals surface area contributed by atoms with Crippen LogP contribution in [-0.2, 0) is 4.79 Å². The van der Waals surface area contributed by atoms with Gasteiger partial charge in [0.15, 0.2) is 0 Å². The van der Waals surface area contributed by atoms with Crippen LogP contribution < -0.4 is 5.32 Å². The summed E-state index contributed by atoms with van der Waals surface area (Å²) in [4.78, 5) is 25.7. The summed E-state index contributed by atoms with van der Waals surface area (Å²) in [7, 11) is 0. The van der Waals surface area contributed by atoms with Crippen LogP contribution in [0.25, 0.3) is 0 Å². The van der Waals surface area contributed by atoms with Crippen LogP contribution in [0, 0.1) is 5.92 Å². The fraction of sp³-hybridized carbons (Fsp3) is 0.556. The summed E-state index contributed by atoms with van der Waals surface area (Å²) in [5.41, 5.74) is 0.437. The van der Waals surface area contributed by atoms with Crippen LogP contribution in [0.1, 0.15) is 36.0 Å². The van der Waals surface area contributed by atoms with Crippen molar-refractivity contribution in [3.8, 4) is 0 Å². The minimum Gasteiger partial charge on any atom is -0.480 e. The molecule has 0 saturated heterocycles. The van der Waals surface area contributed by atoms with Gasteiger partial charge in [-0.1, -0.05) is 11.8 Å². The highest BCUT2D eigenvalue weighted by Gasteiger charge is 2.37. The first-order chi connectivity index (χ1) is 12.4. The largest absolute Gasteiger partial charge is 0.480 e. The Morgan fingerprint density at radius 3 is 2.42 bits per heavy atom. The second kappa shape index (κ2) is 8.35. The molecule has 0 heterocycles. The fourth-order valence-electron chi connectivity index (χ4n) is 3.21. The molecule has 3 rings (SSSR count). The van der Waals surface area contributed by atoms with Crippen molar-refractivity contribution < 1.29 is 23.5 Å². The summed E-state index contributed by atoms with van der Waals surface area (Å²) < 4.78 is 24.6. The summed E-state index contributed by atoms with van der Waals surface area (Å²) in [6, 6.07) is 6.33. The zero-order chi connectivity index (χ0) is 18.7. The maximum Gasteiger partial charge on any atom is 0.317 e. The van der Waals surface area contributed by atoms with Crippen molar-refractivity contribution in [1.82, 2.24) is 10.2 Å². The fourth-order valence-corrected chi connectivity index (χ4v) is 3.71. The number of carbonyl (C=O) groups is 2. The van der Waals surface area contributed by atoms with E-state index in [1.54, 1.807) is 12.1 Å². The van der Waals surface area contributed by atoms with Gasteiger partial charge in [-0.25, -0.2) is 0 Å². The lowest BCUT2D eigenvalue weighted by molar-refractivity contribution is -0.139. The summed E-state index contributed by atoms with van der Waals surface area (Å²) in [5.74, 6) is -2.91. The average molecular weight is 384 g/mol. The van der Waals surface area contributed by atoms with Gasteiger partial charge in [-0.3, -0.25) is 14.5 Å². The van der Waals surface area contributed by atoms with Crippen molar-refractivity contribution in [2.45, 2.75) is 48.4 Å². The molecule has 0 radical (unpaired) electrons. The molecule has 0 atom stereocenters. The molecule has 1 amide bonds. The molecule has 26 heavy (non-hydrogen) atoms. The number of hydrogen-bond donors (Lipinski definition) is 2. The molecule has 8 heteroatoms. The number of hydrogen-bond acceptors (Lipinski definition) is 4. The van der Waals surface area contributed by atoms with Crippen molar-refractivity contribution in [1.29, 1.82) is 0 Å². The van der Waals surface area contributed by atoms with E-state index in [9.17, 15) is 18.4 Å². The zero-order valence-electron chi connectivity index (χ0n) is 14.2. The topological polar surface area (TPSA) is 69.6 Å². The predicted molar refractivity (Wildman–Crippen MR) is 94.5 cm³/mol. The molecular weight excluding hydrogens is 362 g/mol.